The summed E-state index contributed by atoms with van der Waals surface area (Å²) in [5, 5.41) is 4.13. The standard InChI is InChI=1S/C31H41N7O2/c1-22(2)6-5-7-28(39)37-20-24(21-37)14-15-38-29(40)13-8-25-18-32-31(34-30(25)38)33-26-9-11-27(12-10-26)36-17-16-35(4)23(3)19-36/h5,7-13,18,22-24H,6,14-17,19-21H2,1-4H3,(H,32,33,34)/b7-5+/t23-/m1/s1. The molecule has 2 aromatic heterocycles. The zero-order valence-electron chi connectivity index (χ0n) is 24.1. The molecule has 9 heteroatoms. The van der Waals surface area contributed by atoms with Crippen LogP contribution in [0.4, 0.5) is 17.3 Å². The number of hydrogen-bond donors (Lipinski definition) is 1. The first-order valence-electron chi connectivity index (χ1n) is 14.4. The van der Waals surface area contributed by atoms with Crippen LogP contribution in [0.25, 0.3) is 11.0 Å². The number of anilines is 3. The van der Waals surface area contributed by atoms with Crippen molar-refractivity contribution in [1.82, 2.24) is 24.3 Å². The number of carbonyl (C=O) groups excluding carboxylic acids is 1. The number of carbonyl (C=O) groups is 1. The predicted octanol–water partition coefficient (Wildman–Crippen LogP) is 4.13. The monoisotopic (exact) mass is 543 g/mol. The number of likely N-dealkylation sites (tertiary alicyclic amines) is 1. The molecule has 2 saturated heterocycles. The van der Waals surface area contributed by atoms with Crippen LogP contribution in [0.5, 0.6) is 0 Å². The van der Waals surface area contributed by atoms with Gasteiger partial charge in [0.2, 0.25) is 11.9 Å². The van der Waals surface area contributed by atoms with E-state index in [2.05, 4.69) is 60.1 Å². The van der Waals surface area contributed by atoms with Crippen molar-refractivity contribution in [2.75, 3.05) is 50.0 Å². The van der Waals surface area contributed by atoms with Crippen LogP contribution < -0.4 is 15.8 Å². The molecule has 2 fully saturated rings. The van der Waals surface area contributed by atoms with E-state index in [1.165, 1.54) is 5.69 Å². The highest BCUT2D eigenvalue weighted by atomic mass is 16.2. The van der Waals surface area contributed by atoms with Crippen LogP contribution in [0.15, 0.2) is 59.5 Å². The molecule has 5 rings (SSSR count). The van der Waals surface area contributed by atoms with Gasteiger partial charge in [-0.25, -0.2) is 4.98 Å². The lowest BCUT2D eigenvalue weighted by atomic mass is 9.96. The zero-order valence-corrected chi connectivity index (χ0v) is 24.1. The number of aryl methyl sites for hydroxylation is 1. The van der Waals surface area contributed by atoms with Crippen LogP contribution >= 0.6 is 0 Å². The number of fused-ring (bicyclic) bond motifs is 1. The summed E-state index contributed by atoms with van der Waals surface area (Å²) in [7, 11) is 2.18. The van der Waals surface area contributed by atoms with Gasteiger partial charge in [0, 0.05) is 74.3 Å². The number of amides is 1. The van der Waals surface area contributed by atoms with Gasteiger partial charge in [0.1, 0.15) is 5.65 Å². The molecule has 2 aliphatic rings. The summed E-state index contributed by atoms with van der Waals surface area (Å²) in [6.07, 6.45) is 7.14. The number of allylic oxidation sites excluding steroid dienone is 1. The molecule has 9 nitrogen and oxygen atoms in total. The van der Waals surface area contributed by atoms with Gasteiger partial charge < -0.3 is 20.0 Å². The zero-order chi connectivity index (χ0) is 28.2. The molecule has 1 N–H and O–H groups in total. The van der Waals surface area contributed by atoms with Crippen LogP contribution in [0.1, 0.15) is 33.6 Å². The summed E-state index contributed by atoms with van der Waals surface area (Å²) in [4.78, 5) is 41.0. The van der Waals surface area contributed by atoms with E-state index in [9.17, 15) is 9.59 Å². The number of rotatable bonds is 9. The van der Waals surface area contributed by atoms with Gasteiger partial charge >= 0.3 is 0 Å². The van der Waals surface area contributed by atoms with E-state index in [4.69, 9.17) is 4.98 Å². The molecule has 0 radical (unpaired) electrons. The first kappa shape index (κ1) is 27.8. The summed E-state index contributed by atoms with van der Waals surface area (Å²) in [5.41, 5.74) is 2.65. The number of nitrogens with one attached hydrogen (secondary N) is 1. The third kappa shape index (κ3) is 6.53. The van der Waals surface area contributed by atoms with Crippen LogP contribution in [0, 0.1) is 11.8 Å². The average molecular weight is 544 g/mol. The van der Waals surface area contributed by atoms with Crippen molar-refractivity contribution in [3.63, 3.8) is 0 Å². The summed E-state index contributed by atoms with van der Waals surface area (Å²) >= 11 is 0. The van der Waals surface area contributed by atoms with Crippen molar-refractivity contribution >= 4 is 34.3 Å². The molecule has 0 bridgehead atoms. The molecule has 2 aliphatic heterocycles. The van der Waals surface area contributed by atoms with Crippen molar-refractivity contribution in [3.05, 3.63) is 65.1 Å². The molecule has 0 saturated carbocycles. The minimum atomic E-state index is -0.0771. The maximum atomic E-state index is 12.8. The molecule has 1 aromatic carbocycles. The molecular weight excluding hydrogens is 502 g/mol. The number of aromatic nitrogens is 3. The normalized spacial score (nSPS) is 18.6. The fraction of sp³-hybridized carbons (Fsp3) is 0.484. The van der Waals surface area contributed by atoms with Gasteiger partial charge in [-0.15, -0.1) is 0 Å². The summed E-state index contributed by atoms with van der Waals surface area (Å²) < 4.78 is 1.73. The molecule has 4 heterocycles. The number of hydrogen-bond acceptors (Lipinski definition) is 7. The molecule has 0 unspecified atom stereocenters. The number of benzene rings is 1. The van der Waals surface area contributed by atoms with Gasteiger partial charge in [-0.05, 0) is 75.1 Å². The van der Waals surface area contributed by atoms with Crippen molar-refractivity contribution in [2.24, 2.45) is 11.8 Å². The van der Waals surface area contributed by atoms with Gasteiger partial charge in [0.05, 0.1) is 0 Å². The second-order valence-electron chi connectivity index (χ2n) is 11.7. The van der Waals surface area contributed by atoms with E-state index in [1.54, 1.807) is 29.0 Å². The van der Waals surface area contributed by atoms with Crippen molar-refractivity contribution < 1.29 is 4.79 Å². The maximum Gasteiger partial charge on any atom is 0.252 e. The van der Waals surface area contributed by atoms with Crippen LogP contribution in [-0.4, -0.2) is 76.1 Å². The Hall–Kier alpha value is -3.72. The Balaban J connectivity index is 1.21. The topological polar surface area (TPSA) is 86.6 Å². The predicted molar refractivity (Wildman–Crippen MR) is 161 cm³/mol. The second-order valence-corrected chi connectivity index (χ2v) is 11.7. The molecular formula is C31H41N7O2. The number of pyridine rings is 1. The lowest BCUT2D eigenvalue weighted by molar-refractivity contribution is -0.132. The van der Waals surface area contributed by atoms with Crippen LogP contribution in [0.2, 0.25) is 0 Å². The Bertz CT molecular complexity index is 1410. The first-order chi connectivity index (χ1) is 19.3. The average Bonchev–Trinajstić information content (AvgIpc) is 2.90. The molecule has 1 amide bonds. The van der Waals surface area contributed by atoms with E-state index in [1.807, 2.05) is 23.1 Å². The molecule has 3 aromatic rings. The second kappa shape index (κ2) is 12.2. The highest BCUT2D eigenvalue weighted by molar-refractivity contribution is 5.88. The largest absolute Gasteiger partial charge is 0.369 e. The summed E-state index contributed by atoms with van der Waals surface area (Å²) in [5.74, 6) is 1.46. The van der Waals surface area contributed by atoms with Gasteiger partial charge in [-0.1, -0.05) is 19.9 Å². The van der Waals surface area contributed by atoms with E-state index in [0.29, 0.717) is 36.0 Å². The minimum absolute atomic E-state index is 0.0771. The number of likely N-dealkylation sites (N-methyl/N-ethyl adjacent to an activating group) is 1. The molecule has 212 valence electrons. The number of piperazine rings is 1. The molecule has 0 aliphatic carbocycles. The van der Waals surface area contributed by atoms with E-state index in [0.717, 1.165) is 56.6 Å². The fourth-order valence-electron chi connectivity index (χ4n) is 5.31. The van der Waals surface area contributed by atoms with Gasteiger partial charge in [0.25, 0.3) is 5.56 Å². The lowest BCUT2D eigenvalue weighted by Crippen LogP contribution is -2.50. The number of nitrogens with zero attached hydrogens (tertiary/aromatic N) is 6. The van der Waals surface area contributed by atoms with E-state index < -0.39 is 0 Å². The summed E-state index contributed by atoms with van der Waals surface area (Å²) in [6.45, 7) is 11.6. The first-order valence-corrected chi connectivity index (χ1v) is 14.4. The van der Waals surface area contributed by atoms with Gasteiger partial charge in [-0.3, -0.25) is 14.2 Å². The Labute approximate surface area is 236 Å². The SMILES string of the molecule is CC(C)C/C=C/C(=O)N1CC(CCn2c(=O)ccc3cnc(Nc4ccc(N5CCN(C)[C@H](C)C5)cc4)nc32)C1. The highest BCUT2D eigenvalue weighted by Gasteiger charge is 2.29. The molecule has 40 heavy (non-hydrogen) atoms. The lowest BCUT2D eigenvalue weighted by Gasteiger charge is -2.39. The van der Waals surface area contributed by atoms with Crippen molar-refractivity contribution in [3.8, 4) is 0 Å². The van der Waals surface area contributed by atoms with Crippen molar-refractivity contribution in [1.29, 1.82) is 0 Å². The Morgan fingerprint density at radius 1 is 1.10 bits per heavy atom. The fourth-order valence-corrected chi connectivity index (χ4v) is 5.31. The van der Waals surface area contributed by atoms with Gasteiger partial charge in [0.15, 0.2) is 0 Å². The van der Waals surface area contributed by atoms with Gasteiger partial charge in [-0.2, -0.15) is 4.98 Å². The highest BCUT2D eigenvalue weighted by Crippen LogP contribution is 2.24. The minimum Gasteiger partial charge on any atom is -0.369 e. The summed E-state index contributed by atoms with van der Waals surface area (Å²) in [6, 6.07) is 12.2. The van der Waals surface area contributed by atoms with Crippen LogP contribution in [0.3, 0.4) is 0 Å². The van der Waals surface area contributed by atoms with E-state index in [-0.39, 0.29) is 11.5 Å². The smallest absolute Gasteiger partial charge is 0.252 e. The Morgan fingerprint density at radius 3 is 2.60 bits per heavy atom. The Kier molecular flexibility index (Phi) is 8.49. The maximum absolute atomic E-state index is 12.8. The quantitative estimate of drug-likeness (QED) is 0.406. The van der Waals surface area contributed by atoms with E-state index >= 15 is 0 Å². The molecule has 0 spiro atoms. The third-order valence-corrected chi connectivity index (χ3v) is 8.07. The van der Waals surface area contributed by atoms with Crippen molar-refractivity contribution in [2.45, 2.75) is 46.2 Å². The molecule has 1 atom stereocenters. The Morgan fingerprint density at radius 2 is 1.88 bits per heavy atom. The van der Waals surface area contributed by atoms with Crippen LogP contribution in [-0.2, 0) is 11.3 Å². The third-order valence-electron chi connectivity index (χ3n) is 8.07.